The molecule has 714 valence electrons. The lowest BCUT2D eigenvalue weighted by Crippen LogP contribution is -2.70. The van der Waals surface area contributed by atoms with Crippen molar-refractivity contribution in [3.63, 3.8) is 0 Å². The molecule has 8 saturated heterocycles. The normalized spacial score (nSPS) is 53.0. The first-order chi connectivity index (χ1) is 58.6. The molecular weight excluding hydrogens is 1680 g/mol. The Morgan fingerprint density at radius 1 is 0.448 bits per heavy atom. The number of carbonyl (C=O) groups is 5. The summed E-state index contributed by atoms with van der Waals surface area (Å²) in [6, 6.07) is 0. The Bertz CT molecular complexity index is 3770. The number of aliphatic carboxylic acids is 1. The lowest BCUT2D eigenvalue weighted by molar-refractivity contribution is -0.404. The largest absolute Gasteiger partial charge is 0.479 e. The highest BCUT2D eigenvalue weighted by Gasteiger charge is 2.74. The van der Waals surface area contributed by atoms with Crippen molar-refractivity contribution in [3.8, 4) is 0 Å². The molecule has 44 nitrogen and oxygen atoms in total. The molecule has 125 heavy (non-hydrogen) atoms. The average molecular weight is 1800 g/mol. The summed E-state index contributed by atoms with van der Waals surface area (Å²) in [5, 5.41) is 235. The van der Waals surface area contributed by atoms with E-state index in [0.717, 1.165) is 25.7 Å². The van der Waals surface area contributed by atoms with E-state index in [1.165, 1.54) is 20.8 Å². The fraction of sp³-hybridized carbons (Fsp3) is 0.914. The van der Waals surface area contributed by atoms with Crippen LogP contribution in [0.1, 0.15) is 134 Å². The summed E-state index contributed by atoms with van der Waals surface area (Å²) < 4.78 is 111. The van der Waals surface area contributed by atoms with Gasteiger partial charge in [0.2, 0.25) is 6.29 Å². The molecule has 44 heteroatoms. The van der Waals surface area contributed by atoms with Gasteiger partial charge in [0.05, 0.1) is 55.8 Å². The summed E-state index contributed by atoms with van der Waals surface area (Å²) in [5.41, 5.74) is -5.82. The van der Waals surface area contributed by atoms with E-state index in [4.69, 9.17) is 85.3 Å². The third-order valence-electron chi connectivity index (χ3n) is 29.9. The standard InChI is InChI=1S/C81H126O44/c1-27-42(89)47(94)52(99)68(110-27)119-60-56(103)62(66(105)106)121-74(64(60)123-70-54(101)49(96)45(92)36(23-83)115-70)117-41-15-16-77(8)38(78(41,9)26-84)14-17-79(10)39(77)13-12-32-33-20-76(6,7)18-19-81(33,40(88)21-80(32,79)11)75(107)125-73-65(63(59(29(3)112-73)113-31(5)86)122-71-55(102)50(97)46(93)37(116-71)25-108-30(4)85)124-72-57(104)61(120-69-53(100)48(95)44(91)35(22-82)114-69)58(28(2)111-72)118-67-51(98)43(90)34(87)24-109-67/h12,26-29,33-65,67-74,82-83,87-104H,13-25H2,1-11H3,(H,105,106). The fourth-order valence-corrected chi connectivity index (χ4v) is 22.5. The second-order valence-electron chi connectivity index (χ2n) is 38.0. The Morgan fingerprint density at radius 2 is 0.936 bits per heavy atom. The summed E-state index contributed by atoms with van der Waals surface area (Å²) in [6.45, 7) is 14.7. The van der Waals surface area contributed by atoms with Crippen LogP contribution < -0.4 is 0 Å². The van der Waals surface area contributed by atoms with E-state index in [2.05, 4.69) is 19.9 Å². The van der Waals surface area contributed by atoms with Gasteiger partial charge in [0.15, 0.2) is 62.3 Å². The van der Waals surface area contributed by atoms with Crippen LogP contribution >= 0.6 is 0 Å². The highest BCUT2D eigenvalue weighted by atomic mass is 16.8. The van der Waals surface area contributed by atoms with Crippen molar-refractivity contribution in [2.75, 3.05) is 26.4 Å². The van der Waals surface area contributed by atoms with Crippen LogP contribution in [0, 0.1) is 50.2 Å². The summed E-state index contributed by atoms with van der Waals surface area (Å²) in [6.07, 6.45) is -74.2. The maximum absolute atomic E-state index is 16.6. The molecule has 0 bridgehead atoms. The van der Waals surface area contributed by atoms with Gasteiger partial charge in [-0.3, -0.25) is 14.4 Å². The summed E-state index contributed by atoms with van der Waals surface area (Å²) in [5.74, 6) is -6.51. The lowest BCUT2D eigenvalue weighted by Gasteiger charge is -2.71. The Hall–Kier alpha value is -4.11. The van der Waals surface area contributed by atoms with Crippen molar-refractivity contribution in [1.82, 2.24) is 0 Å². The van der Waals surface area contributed by atoms with Crippen molar-refractivity contribution in [3.05, 3.63) is 11.6 Å². The van der Waals surface area contributed by atoms with Gasteiger partial charge in [0, 0.05) is 13.8 Å². The van der Waals surface area contributed by atoms with E-state index in [9.17, 15) is 126 Å². The third-order valence-corrected chi connectivity index (χ3v) is 29.9. The third kappa shape index (κ3) is 17.8. The predicted octanol–water partition coefficient (Wildman–Crippen LogP) is -7.63. The van der Waals surface area contributed by atoms with Gasteiger partial charge in [-0.05, 0) is 118 Å². The minimum atomic E-state index is -2.33. The number of ether oxygens (including phenoxy) is 18. The number of hydrogen-bond acceptors (Lipinski definition) is 43. The van der Waals surface area contributed by atoms with Gasteiger partial charge in [-0.25, -0.2) is 4.79 Å². The maximum atomic E-state index is 16.6. The van der Waals surface area contributed by atoms with Gasteiger partial charge in [0.25, 0.3) is 0 Å². The molecule has 13 aliphatic rings. The zero-order chi connectivity index (χ0) is 91.6. The molecule has 0 aromatic rings. The highest BCUT2D eigenvalue weighted by Crippen LogP contribution is 2.76. The number of carbonyl (C=O) groups excluding carboxylic acids is 4. The van der Waals surface area contributed by atoms with Gasteiger partial charge in [0.1, 0.15) is 171 Å². The number of aldehydes is 1. The minimum Gasteiger partial charge on any atom is -0.479 e. The monoisotopic (exact) mass is 1800 g/mol. The molecule has 0 aromatic carbocycles. The zero-order valence-electron chi connectivity index (χ0n) is 71.0. The number of aliphatic hydroxyl groups is 20. The van der Waals surface area contributed by atoms with E-state index in [-0.39, 0.29) is 44.4 Å². The van der Waals surface area contributed by atoms with E-state index < -0.39 is 346 Å². The van der Waals surface area contributed by atoms with E-state index in [0.29, 0.717) is 19.3 Å². The van der Waals surface area contributed by atoms with Crippen LogP contribution in [0.5, 0.6) is 0 Å². The first-order valence-electron chi connectivity index (χ1n) is 42.7. The smallest absolute Gasteiger partial charge is 0.335 e. The Kier molecular flexibility index (Phi) is 29.7. The van der Waals surface area contributed by atoms with Crippen LogP contribution in [0.4, 0.5) is 0 Å². The van der Waals surface area contributed by atoms with Crippen LogP contribution in [0.15, 0.2) is 11.6 Å². The number of hydrogen-bond donors (Lipinski definition) is 21. The van der Waals surface area contributed by atoms with E-state index in [1.54, 1.807) is 6.92 Å². The van der Waals surface area contributed by atoms with E-state index >= 15 is 4.79 Å². The number of esters is 3. The second kappa shape index (κ2) is 37.7. The molecule has 0 spiro atoms. The van der Waals surface area contributed by atoms with Crippen molar-refractivity contribution >= 4 is 30.2 Å². The van der Waals surface area contributed by atoms with Gasteiger partial charge >= 0.3 is 23.9 Å². The molecule has 49 unspecified atom stereocenters. The molecular formula is C81H126O44. The van der Waals surface area contributed by atoms with Gasteiger partial charge < -0.3 is 197 Å². The Morgan fingerprint density at radius 3 is 1.50 bits per heavy atom. The molecule has 8 heterocycles. The number of allylic oxidation sites excluding steroid dienone is 2. The Labute approximate surface area is 718 Å². The summed E-state index contributed by atoms with van der Waals surface area (Å²) in [7, 11) is 0. The predicted molar refractivity (Wildman–Crippen MR) is 405 cm³/mol. The average Bonchev–Trinajstić information content (AvgIpc) is 0.669. The maximum Gasteiger partial charge on any atom is 0.335 e. The zero-order valence-corrected chi connectivity index (χ0v) is 71.0. The molecule has 8 aliphatic heterocycles. The van der Waals surface area contributed by atoms with Crippen LogP contribution in [0.25, 0.3) is 0 Å². The molecule has 12 fully saturated rings. The SMILES string of the molecule is CC(=O)OCC1OC(OC2C(OC(C)=O)C(C)OC(OC(=O)C34CCC(C)(C)CC3C3=CCC5C6(C)CCC(OC7OC(C(=O)O)C(O)C(OC8OC(C)C(O)C(O)C8O)C7OC7OC(CO)C(O)C(O)C7O)C(C)(C=O)C6CCC5(C)C3(C)CC4O)C2OC2OC(C)C(OC3OCC(O)C(O)C3O)C(OC3OC(CO)C(O)C(O)C3O)C2O)C(O)C(O)C1O. The molecule has 5 aliphatic carbocycles. The van der Waals surface area contributed by atoms with Gasteiger partial charge in [-0.1, -0.05) is 53.2 Å². The quantitative estimate of drug-likeness (QED) is 0.0149. The van der Waals surface area contributed by atoms with Crippen molar-refractivity contribution in [1.29, 1.82) is 0 Å². The lowest BCUT2D eigenvalue weighted by atomic mass is 9.33. The second-order valence-corrected chi connectivity index (χ2v) is 38.0. The number of carboxylic acid groups (broad SMARTS) is 1. The molecule has 13 rings (SSSR count). The number of fused-ring (bicyclic) bond motifs is 7. The Balaban J connectivity index is 0.834. The van der Waals surface area contributed by atoms with Gasteiger partial charge in [-0.2, -0.15) is 0 Å². The molecule has 0 aromatic heterocycles. The fourth-order valence-electron chi connectivity index (χ4n) is 22.5. The van der Waals surface area contributed by atoms with Crippen LogP contribution in [0.3, 0.4) is 0 Å². The van der Waals surface area contributed by atoms with E-state index in [1.807, 2.05) is 20.8 Å². The van der Waals surface area contributed by atoms with Crippen molar-refractivity contribution in [2.45, 2.75) is 386 Å². The molecule has 0 radical (unpaired) electrons. The first-order valence-corrected chi connectivity index (χ1v) is 42.7. The summed E-state index contributed by atoms with van der Waals surface area (Å²) in [4.78, 5) is 69.9. The van der Waals surface area contributed by atoms with Crippen molar-refractivity contribution < 1.29 is 216 Å². The highest BCUT2D eigenvalue weighted by molar-refractivity contribution is 5.80. The van der Waals surface area contributed by atoms with Gasteiger partial charge in [-0.15, -0.1) is 0 Å². The van der Waals surface area contributed by atoms with Crippen LogP contribution in [0.2, 0.25) is 0 Å². The molecule has 21 N–H and O–H groups in total. The topological polar surface area (TPSA) is 676 Å². The number of rotatable bonds is 23. The molecule has 49 atom stereocenters. The number of carboxylic acids is 1. The molecule has 4 saturated carbocycles. The summed E-state index contributed by atoms with van der Waals surface area (Å²) >= 11 is 0. The van der Waals surface area contributed by atoms with Crippen LogP contribution in [-0.4, -0.2) is 416 Å². The van der Waals surface area contributed by atoms with Crippen molar-refractivity contribution in [2.24, 2.45) is 50.2 Å². The molecule has 0 amide bonds. The van der Waals surface area contributed by atoms with Crippen LogP contribution in [-0.2, 0) is 109 Å². The first kappa shape index (κ1) is 98.4. The minimum absolute atomic E-state index is 0.0202. The number of aliphatic hydroxyl groups excluding tert-OH is 20.